The maximum Gasteiger partial charge on any atom is 0.163 e. The highest BCUT2D eigenvalue weighted by Crippen LogP contribution is 2.44. The number of benzene rings is 3. The first kappa shape index (κ1) is 21.1. The fraction of sp³-hybridized carbons (Fsp3) is 0.250. The number of ketones is 1. The van der Waals surface area contributed by atoms with Gasteiger partial charge in [0, 0.05) is 17.7 Å². The number of fused-ring (bicyclic) bond motifs is 1. The number of carbonyl (C=O) groups is 1. The molecular weight excluding hydrogens is 412 g/mol. The summed E-state index contributed by atoms with van der Waals surface area (Å²) in [6.45, 7) is 2.57. The average Bonchev–Trinajstić information content (AvgIpc) is 3.01. The molecule has 1 aliphatic heterocycles. The molecule has 2 unspecified atom stereocenters. The van der Waals surface area contributed by atoms with E-state index in [2.05, 4.69) is 28.8 Å². The molecule has 5 nitrogen and oxygen atoms in total. The number of ether oxygens (including phenoxy) is 2. The van der Waals surface area contributed by atoms with E-state index in [1.54, 1.807) is 7.11 Å². The first-order valence-corrected chi connectivity index (χ1v) is 11.4. The van der Waals surface area contributed by atoms with Crippen molar-refractivity contribution in [1.82, 2.24) is 0 Å². The molecule has 1 heterocycles. The number of hydrogen-bond donors (Lipinski definition) is 2. The number of para-hydroxylation sites is 2. The molecule has 168 valence electrons. The molecule has 0 fully saturated rings. The first-order chi connectivity index (χ1) is 16.2. The summed E-state index contributed by atoms with van der Waals surface area (Å²) < 4.78 is 11.0. The van der Waals surface area contributed by atoms with Crippen LogP contribution in [-0.4, -0.2) is 19.5 Å². The number of Topliss-reactive ketones (excluding diaryl/α,β-unsaturated/α-hetero) is 1. The van der Waals surface area contributed by atoms with Crippen molar-refractivity contribution in [3.8, 4) is 11.5 Å². The smallest absolute Gasteiger partial charge is 0.163 e. The molecule has 2 atom stereocenters. The highest BCUT2D eigenvalue weighted by atomic mass is 16.5. The molecule has 5 heteroatoms. The van der Waals surface area contributed by atoms with Gasteiger partial charge < -0.3 is 20.1 Å². The Kier molecular flexibility index (Phi) is 5.78. The molecule has 0 saturated heterocycles. The summed E-state index contributed by atoms with van der Waals surface area (Å²) in [5.41, 5.74) is 5.92. The number of allylic oxidation sites excluding steroid dienone is 1. The van der Waals surface area contributed by atoms with Crippen LogP contribution < -0.4 is 20.1 Å². The maximum atomic E-state index is 13.6. The number of methoxy groups -OCH3 is 1. The minimum Gasteiger partial charge on any atom is -0.497 e. The number of carbonyl (C=O) groups excluding carboxylic acids is 1. The number of nitrogens with one attached hydrogen (secondary N) is 2. The number of anilines is 2. The van der Waals surface area contributed by atoms with Crippen LogP contribution in [0.2, 0.25) is 0 Å². The van der Waals surface area contributed by atoms with E-state index < -0.39 is 0 Å². The normalized spacial score (nSPS) is 19.5. The second kappa shape index (κ2) is 9.02. The van der Waals surface area contributed by atoms with Crippen LogP contribution in [0.1, 0.15) is 42.9 Å². The maximum absolute atomic E-state index is 13.6. The SMILES string of the molecule is CCOc1cccc(C2Nc3ccccc3NC3=C2C(=O)CC(c2ccc(OC)cc2)C3)c1. The van der Waals surface area contributed by atoms with Crippen molar-refractivity contribution in [2.45, 2.75) is 31.7 Å². The van der Waals surface area contributed by atoms with Crippen LogP contribution in [-0.2, 0) is 4.79 Å². The van der Waals surface area contributed by atoms with E-state index in [-0.39, 0.29) is 17.7 Å². The Hall–Kier alpha value is -3.73. The topological polar surface area (TPSA) is 59.6 Å². The van der Waals surface area contributed by atoms with Crippen LogP contribution in [0.3, 0.4) is 0 Å². The lowest BCUT2D eigenvalue weighted by Crippen LogP contribution is -2.26. The van der Waals surface area contributed by atoms with Gasteiger partial charge in [-0.2, -0.15) is 0 Å². The molecule has 0 radical (unpaired) electrons. The monoisotopic (exact) mass is 440 g/mol. The van der Waals surface area contributed by atoms with E-state index in [0.29, 0.717) is 13.0 Å². The van der Waals surface area contributed by atoms with Crippen molar-refractivity contribution in [3.05, 3.63) is 95.2 Å². The molecule has 5 rings (SSSR count). The Morgan fingerprint density at radius 3 is 2.42 bits per heavy atom. The Morgan fingerprint density at radius 1 is 0.879 bits per heavy atom. The molecule has 0 saturated carbocycles. The summed E-state index contributed by atoms with van der Waals surface area (Å²) in [7, 11) is 1.66. The molecule has 0 spiro atoms. The van der Waals surface area contributed by atoms with Gasteiger partial charge in [-0.25, -0.2) is 0 Å². The molecular formula is C28H28N2O3. The molecule has 3 aromatic carbocycles. The molecule has 0 amide bonds. The van der Waals surface area contributed by atoms with Crippen LogP contribution in [0.15, 0.2) is 84.1 Å². The van der Waals surface area contributed by atoms with E-state index >= 15 is 0 Å². The van der Waals surface area contributed by atoms with Gasteiger partial charge in [0.05, 0.1) is 31.1 Å². The fourth-order valence-electron chi connectivity index (χ4n) is 4.80. The molecule has 0 aromatic heterocycles. The Morgan fingerprint density at radius 2 is 1.67 bits per heavy atom. The minimum absolute atomic E-state index is 0.121. The van der Waals surface area contributed by atoms with E-state index in [9.17, 15) is 4.79 Å². The summed E-state index contributed by atoms with van der Waals surface area (Å²) in [5.74, 6) is 1.91. The molecule has 33 heavy (non-hydrogen) atoms. The predicted octanol–water partition coefficient (Wildman–Crippen LogP) is 6.07. The summed E-state index contributed by atoms with van der Waals surface area (Å²) in [4.78, 5) is 13.6. The van der Waals surface area contributed by atoms with E-state index in [1.165, 1.54) is 0 Å². The Balaban J connectivity index is 1.57. The van der Waals surface area contributed by atoms with Crippen LogP contribution in [0.5, 0.6) is 11.5 Å². The highest BCUT2D eigenvalue weighted by molar-refractivity contribution is 6.01. The van der Waals surface area contributed by atoms with E-state index in [4.69, 9.17) is 9.47 Å². The molecule has 1 aliphatic carbocycles. The van der Waals surface area contributed by atoms with Gasteiger partial charge in [-0.15, -0.1) is 0 Å². The molecule has 2 aliphatic rings. The third-order valence-electron chi connectivity index (χ3n) is 6.40. The van der Waals surface area contributed by atoms with E-state index in [1.807, 2.05) is 61.5 Å². The summed E-state index contributed by atoms with van der Waals surface area (Å²) >= 11 is 0. The Bertz CT molecular complexity index is 1200. The van der Waals surface area contributed by atoms with Crippen molar-refractivity contribution in [1.29, 1.82) is 0 Å². The predicted molar refractivity (Wildman–Crippen MR) is 131 cm³/mol. The van der Waals surface area contributed by atoms with Gasteiger partial charge in [-0.05, 0) is 66.8 Å². The second-order valence-electron chi connectivity index (χ2n) is 8.45. The summed E-state index contributed by atoms with van der Waals surface area (Å²) in [6, 6.07) is 23.9. The zero-order chi connectivity index (χ0) is 22.8. The lowest BCUT2D eigenvalue weighted by molar-refractivity contribution is -0.116. The standard InChI is InChI=1S/C28H28N2O3/c1-3-33-22-8-6-7-19(15-22)28-27-25(29-23-9-4-5-10-24(23)30-28)16-20(17-26(27)31)18-11-13-21(32-2)14-12-18/h4-15,20,28-30H,3,16-17H2,1-2H3. The van der Waals surface area contributed by atoms with Crippen molar-refractivity contribution in [2.75, 3.05) is 24.4 Å². The van der Waals surface area contributed by atoms with Gasteiger partial charge >= 0.3 is 0 Å². The largest absolute Gasteiger partial charge is 0.497 e. The molecule has 0 bridgehead atoms. The van der Waals surface area contributed by atoms with Gasteiger partial charge in [0.2, 0.25) is 0 Å². The first-order valence-electron chi connectivity index (χ1n) is 11.4. The molecule has 2 N–H and O–H groups in total. The van der Waals surface area contributed by atoms with Gasteiger partial charge in [0.15, 0.2) is 5.78 Å². The number of hydrogen-bond acceptors (Lipinski definition) is 5. The average molecular weight is 441 g/mol. The zero-order valence-electron chi connectivity index (χ0n) is 18.9. The summed E-state index contributed by atoms with van der Waals surface area (Å²) in [6.07, 6.45) is 1.25. The van der Waals surface area contributed by atoms with Crippen LogP contribution in [0, 0.1) is 0 Å². The number of rotatable bonds is 5. The third-order valence-corrected chi connectivity index (χ3v) is 6.40. The van der Waals surface area contributed by atoms with Crippen molar-refractivity contribution in [2.24, 2.45) is 0 Å². The molecule has 3 aromatic rings. The van der Waals surface area contributed by atoms with Gasteiger partial charge in [0.25, 0.3) is 0 Å². The van der Waals surface area contributed by atoms with Gasteiger partial charge in [0.1, 0.15) is 11.5 Å². The fourth-order valence-corrected chi connectivity index (χ4v) is 4.80. The zero-order valence-corrected chi connectivity index (χ0v) is 18.9. The van der Waals surface area contributed by atoms with Crippen LogP contribution in [0.25, 0.3) is 0 Å². The van der Waals surface area contributed by atoms with Crippen molar-refractivity contribution >= 4 is 17.2 Å². The van der Waals surface area contributed by atoms with Gasteiger partial charge in [-0.3, -0.25) is 4.79 Å². The summed E-state index contributed by atoms with van der Waals surface area (Å²) in [5, 5.41) is 7.23. The third kappa shape index (κ3) is 4.19. The Labute approximate surface area is 194 Å². The van der Waals surface area contributed by atoms with Crippen molar-refractivity contribution in [3.63, 3.8) is 0 Å². The lowest BCUT2D eigenvalue weighted by Gasteiger charge is -2.30. The second-order valence-corrected chi connectivity index (χ2v) is 8.45. The van der Waals surface area contributed by atoms with Crippen LogP contribution >= 0.6 is 0 Å². The minimum atomic E-state index is -0.249. The highest BCUT2D eigenvalue weighted by Gasteiger charge is 2.36. The quantitative estimate of drug-likeness (QED) is 0.504. The van der Waals surface area contributed by atoms with Crippen molar-refractivity contribution < 1.29 is 14.3 Å². The van der Waals surface area contributed by atoms with Gasteiger partial charge in [-0.1, -0.05) is 36.4 Å². The lowest BCUT2D eigenvalue weighted by atomic mass is 9.78. The van der Waals surface area contributed by atoms with Crippen LogP contribution in [0.4, 0.5) is 11.4 Å². The van der Waals surface area contributed by atoms with E-state index in [0.717, 1.165) is 51.7 Å².